The Morgan fingerprint density at radius 1 is 1.12 bits per heavy atom. The van der Waals surface area contributed by atoms with E-state index in [4.69, 9.17) is 0 Å². The van der Waals surface area contributed by atoms with E-state index < -0.39 is 30.2 Å². The lowest BCUT2D eigenvalue weighted by molar-refractivity contribution is -0.0759. The highest BCUT2D eigenvalue weighted by atomic mass is 19.3. The van der Waals surface area contributed by atoms with Gasteiger partial charge in [-0.25, -0.2) is 23.1 Å². The minimum absolute atomic E-state index is 0.106. The number of likely N-dealkylation sites (tertiary alicyclic amines) is 1. The monoisotopic (exact) mass is 469 g/mol. The van der Waals surface area contributed by atoms with Gasteiger partial charge in [0.1, 0.15) is 11.6 Å². The van der Waals surface area contributed by atoms with Crippen LogP contribution in [0.25, 0.3) is 11.1 Å². The number of hydrogen-bond acceptors (Lipinski definition) is 5. The molecule has 1 aliphatic heterocycles. The molecule has 3 heterocycles. The zero-order valence-electron chi connectivity index (χ0n) is 19.2. The van der Waals surface area contributed by atoms with Crippen LogP contribution in [0, 0.1) is 5.82 Å². The Bertz CT molecular complexity index is 1180. The fraction of sp³-hybridized carbons (Fsp3) is 0.360. The average molecular weight is 470 g/mol. The van der Waals surface area contributed by atoms with E-state index in [2.05, 4.69) is 20.3 Å². The molecule has 1 atom stereocenters. The molecule has 1 amide bonds. The quantitative estimate of drug-likeness (QED) is 0.538. The number of pyridine rings is 1. The van der Waals surface area contributed by atoms with E-state index in [1.807, 2.05) is 13.8 Å². The van der Waals surface area contributed by atoms with Gasteiger partial charge in [0.2, 0.25) is 0 Å². The molecule has 1 N–H and O–H groups in total. The molecule has 0 bridgehead atoms. The van der Waals surface area contributed by atoms with Gasteiger partial charge in [-0.1, -0.05) is 32.0 Å². The average Bonchev–Trinajstić information content (AvgIpc) is 2.79. The van der Waals surface area contributed by atoms with Crippen molar-refractivity contribution in [1.29, 1.82) is 0 Å². The molecule has 2 aromatic heterocycles. The van der Waals surface area contributed by atoms with Gasteiger partial charge in [-0.05, 0) is 25.6 Å². The third-order valence-corrected chi connectivity index (χ3v) is 5.95. The summed E-state index contributed by atoms with van der Waals surface area (Å²) < 4.78 is 42.7. The number of hydrogen-bond donors (Lipinski definition) is 1. The fourth-order valence-electron chi connectivity index (χ4n) is 4.17. The summed E-state index contributed by atoms with van der Waals surface area (Å²) in [5.74, 6) is -3.05. The molecule has 1 aromatic carbocycles. The number of carbonyl (C=O) groups is 1. The minimum atomic E-state index is -2.80. The number of carbonyl (C=O) groups excluding carboxylic acids is 1. The Labute approximate surface area is 196 Å². The van der Waals surface area contributed by atoms with E-state index >= 15 is 0 Å². The van der Waals surface area contributed by atoms with Crippen molar-refractivity contribution in [2.75, 3.05) is 18.9 Å². The zero-order chi connectivity index (χ0) is 24.5. The molecule has 3 aromatic rings. The van der Waals surface area contributed by atoms with Crippen LogP contribution in [0.3, 0.4) is 0 Å². The molecule has 1 unspecified atom stereocenters. The van der Waals surface area contributed by atoms with Crippen LogP contribution < -0.4 is 5.32 Å². The van der Waals surface area contributed by atoms with Crippen molar-refractivity contribution in [2.24, 2.45) is 0 Å². The summed E-state index contributed by atoms with van der Waals surface area (Å²) in [4.78, 5) is 27.6. The summed E-state index contributed by atoms with van der Waals surface area (Å²) in [6.45, 7) is 3.46. The normalized spacial score (nSPS) is 18.1. The Morgan fingerprint density at radius 2 is 1.82 bits per heavy atom. The van der Waals surface area contributed by atoms with Crippen LogP contribution in [0.5, 0.6) is 0 Å². The van der Waals surface area contributed by atoms with Crippen LogP contribution in [-0.4, -0.2) is 45.3 Å². The van der Waals surface area contributed by atoms with Gasteiger partial charge in [0.05, 0.1) is 29.5 Å². The van der Waals surface area contributed by atoms with Crippen LogP contribution in [0.4, 0.5) is 18.9 Å². The van der Waals surface area contributed by atoms with E-state index in [1.54, 1.807) is 31.3 Å². The molecule has 1 saturated heterocycles. The molecule has 34 heavy (non-hydrogen) atoms. The number of amides is 1. The Hall–Kier alpha value is -3.33. The number of aromatic nitrogens is 3. The molecular weight excluding hydrogens is 443 g/mol. The van der Waals surface area contributed by atoms with Crippen LogP contribution in [0.2, 0.25) is 0 Å². The maximum absolute atomic E-state index is 14.7. The molecular formula is C25H26F3N5O. The molecule has 178 valence electrons. The van der Waals surface area contributed by atoms with Crippen LogP contribution in [0.15, 0.2) is 48.9 Å². The van der Waals surface area contributed by atoms with E-state index in [0.717, 1.165) is 0 Å². The highest BCUT2D eigenvalue weighted by Crippen LogP contribution is 2.42. The first-order valence-corrected chi connectivity index (χ1v) is 11.1. The van der Waals surface area contributed by atoms with Gasteiger partial charge in [0.25, 0.3) is 11.8 Å². The number of anilines is 1. The summed E-state index contributed by atoms with van der Waals surface area (Å²) in [5, 5.41) is 2.85. The van der Waals surface area contributed by atoms with Crippen LogP contribution in [0.1, 0.15) is 60.5 Å². The van der Waals surface area contributed by atoms with Crippen molar-refractivity contribution in [3.63, 3.8) is 0 Å². The van der Waals surface area contributed by atoms with Crippen molar-refractivity contribution in [1.82, 2.24) is 19.9 Å². The molecule has 0 radical (unpaired) electrons. The second-order valence-corrected chi connectivity index (χ2v) is 8.86. The molecule has 4 rings (SSSR count). The van der Waals surface area contributed by atoms with Crippen LogP contribution >= 0.6 is 0 Å². The first kappa shape index (κ1) is 23.8. The Balaban J connectivity index is 1.77. The molecule has 0 saturated carbocycles. The number of nitrogens with one attached hydrogen (secondary N) is 1. The van der Waals surface area contributed by atoms with Crippen molar-refractivity contribution >= 4 is 11.6 Å². The molecule has 6 nitrogen and oxygen atoms in total. The van der Waals surface area contributed by atoms with E-state index in [-0.39, 0.29) is 35.6 Å². The van der Waals surface area contributed by atoms with Crippen molar-refractivity contribution in [3.05, 3.63) is 71.8 Å². The third kappa shape index (κ3) is 4.94. The maximum Gasteiger partial charge on any atom is 0.260 e. The van der Waals surface area contributed by atoms with Gasteiger partial charge in [-0.3, -0.25) is 14.7 Å². The second-order valence-electron chi connectivity index (χ2n) is 8.86. The summed E-state index contributed by atoms with van der Waals surface area (Å²) in [6, 6.07) is 7.32. The van der Waals surface area contributed by atoms with Gasteiger partial charge < -0.3 is 5.32 Å². The van der Waals surface area contributed by atoms with Gasteiger partial charge in [-0.2, -0.15) is 0 Å². The standard InChI is InChI=1S/C25H26F3N5O/c1-15(2)23-30-12-16(13-31-23)24(34)32-21-18(17-6-4-5-7-19(17)26)9-11-29-22(21)20-8-10-25(27,28)14-33(20)3/h4-7,9,11-13,15,20H,8,10,14H2,1-3H3,(H,32,34). The highest BCUT2D eigenvalue weighted by Gasteiger charge is 2.40. The van der Waals surface area contributed by atoms with Crippen molar-refractivity contribution in [3.8, 4) is 11.1 Å². The largest absolute Gasteiger partial charge is 0.320 e. The molecule has 1 fully saturated rings. The maximum atomic E-state index is 14.7. The molecule has 0 aliphatic carbocycles. The number of alkyl halides is 2. The Kier molecular flexibility index (Phi) is 6.65. The van der Waals surface area contributed by atoms with Gasteiger partial charge in [0.15, 0.2) is 0 Å². The highest BCUT2D eigenvalue weighted by molar-refractivity contribution is 6.06. The number of benzene rings is 1. The summed E-state index contributed by atoms with van der Waals surface area (Å²) in [7, 11) is 1.60. The predicted molar refractivity (Wildman–Crippen MR) is 123 cm³/mol. The van der Waals surface area contributed by atoms with Crippen molar-refractivity contribution in [2.45, 2.75) is 44.6 Å². The SMILES string of the molecule is CC(C)c1ncc(C(=O)Nc2c(-c3ccccc3F)ccnc2C2CCC(F)(F)CN2C)cn1. The van der Waals surface area contributed by atoms with E-state index in [1.165, 1.54) is 29.6 Å². The lowest BCUT2D eigenvalue weighted by atomic mass is 9.93. The fourth-order valence-corrected chi connectivity index (χ4v) is 4.17. The van der Waals surface area contributed by atoms with Crippen molar-refractivity contribution < 1.29 is 18.0 Å². The van der Waals surface area contributed by atoms with Gasteiger partial charge in [-0.15, -0.1) is 0 Å². The number of nitrogens with zero attached hydrogens (tertiary/aromatic N) is 4. The lowest BCUT2D eigenvalue weighted by Gasteiger charge is -2.37. The number of halogens is 3. The first-order chi connectivity index (χ1) is 16.2. The third-order valence-electron chi connectivity index (χ3n) is 5.95. The topological polar surface area (TPSA) is 71.0 Å². The first-order valence-electron chi connectivity index (χ1n) is 11.1. The predicted octanol–water partition coefficient (Wildman–Crippen LogP) is 5.46. The smallest absolute Gasteiger partial charge is 0.260 e. The van der Waals surface area contributed by atoms with E-state index in [9.17, 15) is 18.0 Å². The molecule has 9 heteroatoms. The lowest BCUT2D eigenvalue weighted by Crippen LogP contribution is -2.42. The minimum Gasteiger partial charge on any atom is -0.320 e. The second kappa shape index (κ2) is 9.50. The summed E-state index contributed by atoms with van der Waals surface area (Å²) in [5.41, 5.74) is 1.61. The number of piperidine rings is 1. The van der Waals surface area contributed by atoms with E-state index in [0.29, 0.717) is 17.1 Å². The summed E-state index contributed by atoms with van der Waals surface area (Å²) >= 11 is 0. The van der Waals surface area contributed by atoms with Gasteiger partial charge >= 0.3 is 0 Å². The van der Waals surface area contributed by atoms with Gasteiger partial charge in [0, 0.05) is 42.1 Å². The summed E-state index contributed by atoms with van der Waals surface area (Å²) in [6.07, 6.45) is 4.22. The zero-order valence-corrected chi connectivity index (χ0v) is 19.2. The van der Waals surface area contributed by atoms with Crippen LogP contribution in [-0.2, 0) is 0 Å². The Morgan fingerprint density at radius 3 is 2.47 bits per heavy atom. The molecule has 1 aliphatic rings. The molecule has 0 spiro atoms. The number of rotatable bonds is 5.